The molecule has 0 aromatic heterocycles. The third-order valence-electron chi connectivity index (χ3n) is 5.15. The molecule has 0 saturated carbocycles. The standard InChI is InChI=1S/C20H28N2O2S/c1-3-14-25(23,24)21-20-10-12-22(13-11-20)16(2)18-9-8-17-6-4-5-7-19(17)15-18/h4-9,15-16,20-21H,3,10-14H2,1-2H3. The summed E-state index contributed by atoms with van der Waals surface area (Å²) >= 11 is 0. The second-order valence-corrected chi connectivity index (χ2v) is 8.90. The van der Waals surface area contributed by atoms with E-state index < -0.39 is 10.0 Å². The average Bonchev–Trinajstić information content (AvgIpc) is 2.61. The zero-order valence-corrected chi connectivity index (χ0v) is 15.9. The van der Waals surface area contributed by atoms with Gasteiger partial charge in [0.25, 0.3) is 0 Å². The van der Waals surface area contributed by atoms with E-state index in [1.54, 1.807) is 0 Å². The summed E-state index contributed by atoms with van der Waals surface area (Å²) in [6, 6.07) is 15.5. The maximum atomic E-state index is 11.9. The molecular weight excluding hydrogens is 332 g/mol. The molecule has 1 atom stereocenters. The average molecular weight is 361 g/mol. The van der Waals surface area contributed by atoms with Gasteiger partial charge in [0.05, 0.1) is 5.75 Å². The molecular formula is C20H28N2O2S. The molecule has 1 saturated heterocycles. The molecule has 1 aliphatic rings. The molecule has 0 amide bonds. The number of hydrogen-bond donors (Lipinski definition) is 1. The lowest BCUT2D eigenvalue weighted by Crippen LogP contribution is -2.45. The van der Waals surface area contributed by atoms with Crippen LogP contribution in [0.5, 0.6) is 0 Å². The largest absolute Gasteiger partial charge is 0.296 e. The van der Waals surface area contributed by atoms with Gasteiger partial charge in [-0.2, -0.15) is 0 Å². The first-order chi connectivity index (χ1) is 12.0. The first-order valence-corrected chi connectivity index (χ1v) is 10.9. The number of nitrogens with zero attached hydrogens (tertiary/aromatic N) is 1. The number of hydrogen-bond acceptors (Lipinski definition) is 3. The number of benzene rings is 2. The summed E-state index contributed by atoms with van der Waals surface area (Å²) in [5.41, 5.74) is 1.32. The van der Waals surface area contributed by atoms with Gasteiger partial charge in [-0.1, -0.05) is 43.3 Å². The lowest BCUT2D eigenvalue weighted by atomic mass is 9.98. The van der Waals surface area contributed by atoms with E-state index >= 15 is 0 Å². The van der Waals surface area contributed by atoms with Crippen molar-refractivity contribution in [3.63, 3.8) is 0 Å². The first kappa shape index (κ1) is 18.4. The molecule has 136 valence electrons. The molecule has 5 heteroatoms. The van der Waals surface area contributed by atoms with E-state index in [4.69, 9.17) is 0 Å². The van der Waals surface area contributed by atoms with Crippen LogP contribution in [0.15, 0.2) is 42.5 Å². The third-order valence-corrected chi connectivity index (χ3v) is 6.79. The molecule has 0 radical (unpaired) electrons. The predicted octanol–water partition coefficient (Wildman–Crippen LogP) is 3.69. The van der Waals surface area contributed by atoms with Gasteiger partial charge in [0, 0.05) is 25.2 Å². The van der Waals surface area contributed by atoms with Gasteiger partial charge in [-0.05, 0) is 48.6 Å². The van der Waals surface area contributed by atoms with Crippen LogP contribution in [0.2, 0.25) is 0 Å². The molecule has 0 spiro atoms. The monoisotopic (exact) mass is 360 g/mol. The Kier molecular flexibility index (Phi) is 5.77. The fourth-order valence-corrected chi connectivity index (χ4v) is 5.06. The van der Waals surface area contributed by atoms with Crippen molar-refractivity contribution in [3.05, 3.63) is 48.0 Å². The summed E-state index contributed by atoms with van der Waals surface area (Å²) in [5, 5.41) is 2.54. The van der Waals surface area contributed by atoms with Crippen LogP contribution in [0.25, 0.3) is 10.8 Å². The Labute approximate surface area is 151 Å². The number of nitrogens with one attached hydrogen (secondary N) is 1. The maximum absolute atomic E-state index is 11.9. The Morgan fingerprint density at radius 1 is 1.12 bits per heavy atom. The van der Waals surface area contributed by atoms with Gasteiger partial charge in [0.1, 0.15) is 0 Å². The van der Waals surface area contributed by atoms with E-state index in [2.05, 4.69) is 59.0 Å². The Morgan fingerprint density at radius 2 is 1.80 bits per heavy atom. The van der Waals surface area contributed by atoms with Gasteiger partial charge < -0.3 is 0 Å². The van der Waals surface area contributed by atoms with Gasteiger partial charge in [0.2, 0.25) is 10.0 Å². The maximum Gasteiger partial charge on any atom is 0.211 e. The van der Waals surface area contributed by atoms with Crippen LogP contribution >= 0.6 is 0 Å². The first-order valence-electron chi connectivity index (χ1n) is 9.21. The van der Waals surface area contributed by atoms with Crippen molar-refractivity contribution in [3.8, 4) is 0 Å². The van der Waals surface area contributed by atoms with E-state index in [1.165, 1.54) is 16.3 Å². The third kappa shape index (κ3) is 4.60. The molecule has 0 aliphatic carbocycles. The van der Waals surface area contributed by atoms with Crippen LogP contribution in [-0.4, -0.2) is 38.2 Å². The van der Waals surface area contributed by atoms with Crippen LogP contribution in [0.1, 0.15) is 44.7 Å². The van der Waals surface area contributed by atoms with E-state index in [-0.39, 0.29) is 11.8 Å². The summed E-state index contributed by atoms with van der Waals surface area (Å²) in [4.78, 5) is 2.45. The molecule has 3 rings (SSSR count). The molecule has 1 aliphatic heterocycles. The van der Waals surface area contributed by atoms with Gasteiger partial charge in [-0.25, -0.2) is 13.1 Å². The molecule has 1 N–H and O–H groups in total. The molecule has 1 heterocycles. The van der Waals surface area contributed by atoms with Crippen LogP contribution in [0, 0.1) is 0 Å². The number of rotatable bonds is 6. The van der Waals surface area contributed by atoms with Gasteiger partial charge in [0.15, 0.2) is 0 Å². The fraction of sp³-hybridized carbons (Fsp3) is 0.500. The molecule has 2 aromatic rings. The van der Waals surface area contributed by atoms with Crippen molar-refractivity contribution in [2.24, 2.45) is 0 Å². The summed E-state index contributed by atoms with van der Waals surface area (Å²) in [7, 11) is -3.11. The van der Waals surface area contributed by atoms with E-state index in [9.17, 15) is 8.42 Å². The molecule has 1 unspecified atom stereocenters. The molecule has 0 bridgehead atoms. The smallest absolute Gasteiger partial charge is 0.211 e. The highest BCUT2D eigenvalue weighted by Crippen LogP contribution is 2.27. The minimum absolute atomic E-state index is 0.0802. The summed E-state index contributed by atoms with van der Waals surface area (Å²) in [6.07, 6.45) is 2.41. The second kappa shape index (κ2) is 7.85. The van der Waals surface area contributed by atoms with E-state index in [0.717, 1.165) is 25.9 Å². The van der Waals surface area contributed by atoms with Gasteiger partial charge in [-0.15, -0.1) is 0 Å². The minimum Gasteiger partial charge on any atom is -0.296 e. The summed E-state index contributed by atoms with van der Waals surface area (Å²) < 4.78 is 26.7. The van der Waals surface area contributed by atoms with Crippen molar-refractivity contribution < 1.29 is 8.42 Å². The predicted molar refractivity (Wildman–Crippen MR) is 104 cm³/mol. The van der Waals surface area contributed by atoms with Crippen LogP contribution in [-0.2, 0) is 10.0 Å². The Bertz CT molecular complexity index is 811. The van der Waals surface area contributed by atoms with Crippen molar-refractivity contribution in [1.82, 2.24) is 9.62 Å². The normalized spacial score (nSPS) is 18.5. The Hall–Kier alpha value is -1.43. The Morgan fingerprint density at radius 3 is 2.48 bits per heavy atom. The van der Waals surface area contributed by atoms with E-state index in [1.807, 2.05) is 6.92 Å². The van der Waals surface area contributed by atoms with Crippen molar-refractivity contribution in [1.29, 1.82) is 0 Å². The number of piperidine rings is 1. The lowest BCUT2D eigenvalue weighted by Gasteiger charge is -2.36. The van der Waals surface area contributed by atoms with Crippen LogP contribution in [0.3, 0.4) is 0 Å². The Balaban J connectivity index is 1.61. The molecule has 2 aromatic carbocycles. The lowest BCUT2D eigenvalue weighted by molar-refractivity contribution is 0.159. The van der Waals surface area contributed by atoms with Gasteiger partial charge in [-0.3, -0.25) is 4.90 Å². The van der Waals surface area contributed by atoms with Crippen LogP contribution < -0.4 is 4.72 Å². The summed E-state index contributed by atoms with van der Waals surface area (Å²) in [6.45, 7) is 5.99. The SMILES string of the molecule is CCCS(=O)(=O)NC1CCN(C(C)c2ccc3ccccc3c2)CC1. The van der Waals surface area contributed by atoms with Crippen molar-refractivity contribution in [2.75, 3.05) is 18.8 Å². The fourth-order valence-electron chi connectivity index (χ4n) is 3.66. The molecule has 25 heavy (non-hydrogen) atoms. The van der Waals surface area contributed by atoms with Crippen LogP contribution in [0.4, 0.5) is 0 Å². The second-order valence-electron chi connectivity index (χ2n) is 7.03. The summed E-state index contributed by atoms with van der Waals surface area (Å²) in [5.74, 6) is 0.223. The molecule has 4 nitrogen and oxygen atoms in total. The van der Waals surface area contributed by atoms with Gasteiger partial charge >= 0.3 is 0 Å². The number of sulfonamides is 1. The van der Waals surface area contributed by atoms with Crippen molar-refractivity contribution >= 4 is 20.8 Å². The highest BCUT2D eigenvalue weighted by Gasteiger charge is 2.26. The number of likely N-dealkylation sites (tertiary alicyclic amines) is 1. The quantitative estimate of drug-likeness (QED) is 0.855. The van der Waals surface area contributed by atoms with Crippen molar-refractivity contribution in [2.45, 2.75) is 45.2 Å². The number of fused-ring (bicyclic) bond motifs is 1. The zero-order valence-electron chi connectivity index (χ0n) is 15.1. The zero-order chi connectivity index (χ0) is 17.9. The van der Waals surface area contributed by atoms with E-state index in [0.29, 0.717) is 12.5 Å². The minimum atomic E-state index is -3.11. The molecule has 1 fully saturated rings. The topological polar surface area (TPSA) is 49.4 Å². The highest BCUT2D eigenvalue weighted by molar-refractivity contribution is 7.89. The highest BCUT2D eigenvalue weighted by atomic mass is 32.2.